The van der Waals surface area contributed by atoms with Crippen LogP contribution in [0.25, 0.3) is 0 Å². The van der Waals surface area contributed by atoms with Crippen molar-refractivity contribution in [3.05, 3.63) is 33.9 Å². The molecule has 0 spiro atoms. The number of aryl methyl sites for hydroxylation is 1. The fourth-order valence-electron chi connectivity index (χ4n) is 3.89. The van der Waals surface area contributed by atoms with E-state index in [2.05, 4.69) is 33.8 Å². The van der Waals surface area contributed by atoms with Crippen molar-refractivity contribution in [2.75, 3.05) is 0 Å². The fraction of sp³-hybridized carbons (Fsp3) is 0.588. The van der Waals surface area contributed by atoms with Crippen molar-refractivity contribution in [3.8, 4) is 0 Å². The largest absolute Gasteiger partial charge is 0.294 e. The molecule has 1 aromatic rings. The van der Waals surface area contributed by atoms with E-state index in [-0.39, 0.29) is 5.41 Å². The van der Waals surface area contributed by atoms with E-state index in [4.69, 9.17) is 0 Å². The van der Waals surface area contributed by atoms with Crippen molar-refractivity contribution in [2.45, 2.75) is 64.7 Å². The summed E-state index contributed by atoms with van der Waals surface area (Å²) < 4.78 is 0. The predicted molar refractivity (Wildman–Crippen MR) is 74.5 cm³/mol. The molecule has 0 aliphatic heterocycles. The summed E-state index contributed by atoms with van der Waals surface area (Å²) >= 11 is 0. The molecular formula is C17H22O. The molecule has 0 saturated carbocycles. The average molecular weight is 242 g/mol. The van der Waals surface area contributed by atoms with Gasteiger partial charge in [0.1, 0.15) is 0 Å². The van der Waals surface area contributed by atoms with Crippen LogP contribution < -0.4 is 0 Å². The highest BCUT2D eigenvalue weighted by atomic mass is 16.1. The van der Waals surface area contributed by atoms with Crippen LogP contribution in [0.15, 0.2) is 6.07 Å². The van der Waals surface area contributed by atoms with Gasteiger partial charge in [-0.15, -0.1) is 0 Å². The number of ketones is 1. The van der Waals surface area contributed by atoms with Crippen molar-refractivity contribution in [2.24, 2.45) is 0 Å². The van der Waals surface area contributed by atoms with Crippen molar-refractivity contribution >= 4 is 5.78 Å². The summed E-state index contributed by atoms with van der Waals surface area (Å²) in [5.74, 6) is 0.981. The molecule has 1 aromatic carbocycles. The van der Waals surface area contributed by atoms with Gasteiger partial charge < -0.3 is 0 Å². The van der Waals surface area contributed by atoms with Crippen LogP contribution in [0, 0.1) is 6.92 Å². The molecular weight excluding hydrogens is 220 g/mol. The van der Waals surface area contributed by atoms with Gasteiger partial charge >= 0.3 is 0 Å². The zero-order valence-corrected chi connectivity index (χ0v) is 11.9. The summed E-state index contributed by atoms with van der Waals surface area (Å²) in [6, 6.07) is 2.30. The molecule has 0 fully saturated rings. The van der Waals surface area contributed by atoms with Crippen molar-refractivity contribution in [1.29, 1.82) is 0 Å². The van der Waals surface area contributed by atoms with Crippen molar-refractivity contribution in [3.63, 3.8) is 0 Å². The van der Waals surface area contributed by atoms with E-state index in [1.165, 1.54) is 35.1 Å². The van der Waals surface area contributed by atoms with Gasteiger partial charge in [0.05, 0.1) is 0 Å². The van der Waals surface area contributed by atoms with Gasteiger partial charge in [0, 0.05) is 12.0 Å². The zero-order chi connectivity index (χ0) is 13.1. The minimum absolute atomic E-state index is 0.271. The van der Waals surface area contributed by atoms with E-state index in [0.29, 0.717) is 11.7 Å². The number of Topliss-reactive ketones (excluding diaryl/α,β-unsaturated/α-hetero) is 1. The molecule has 1 atom stereocenters. The fourth-order valence-corrected chi connectivity index (χ4v) is 3.89. The molecule has 18 heavy (non-hydrogen) atoms. The monoisotopic (exact) mass is 242 g/mol. The molecule has 0 aromatic heterocycles. The Kier molecular flexibility index (Phi) is 2.45. The SMILES string of the molecule is Cc1cc2c(c3c1C(=O)CC3)[C@H](C)CCC2(C)C. The van der Waals surface area contributed by atoms with E-state index in [1.807, 2.05) is 0 Å². The minimum Gasteiger partial charge on any atom is -0.294 e. The highest BCUT2D eigenvalue weighted by molar-refractivity contribution is 6.02. The third-order valence-electron chi connectivity index (χ3n) is 4.98. The van der Waals surface area contributed by atoms with Gasteiger partial charge in [-0.05, 0) is 59.8 Å². The predicted octanol–water partition coefficient (Wildman–Crippen LogP) is 4.30. The van der Waals surface area contributed by atoms with Gasteiger partial charge in [0.15, 0.2) is 5.78 Å². The highest BCUT2D eigenvalue weighted by Crippen LogP contribution is 2.47. The van der Waals surface area contributed by atoms with Gasteiger partial charge in [0.2, 0.25) is 0 Å². The summed E-state index contributed by atoms with van der Waals surface area (Å²) in [7, 11) is 0. The Labute approximate surface area is 110 Å². The summed E-state index contributed by atoms with van der Waals surface area (Å²) in [6.07, 6.45) is 4.20. The molecule has 0 heterocycles. The molecule has 0 amide bonds. The molecule has 1 heteroatoms. The molecule has 1 nitrogen and oxygen atoms in total. The molecule has 0 saturated heterocycles. The van der Waals surface area contributed by atoms with Gasteiger partial charge in [-0.25, -0.2) is 0 Å². The number of hydrogen-bond donors (Lipinski definition) is 0. The number of fused-ring (bicyclic) bond motifs is 3. The first kappa shape index (κ1) is 12.0. The first-order chi connectivity index (χ1) is 8.42. The van der Waals surface area contributed by atoms with E-state index in [0.717, 1.165) is 18.4 Å². The molecule has 2 aliphatic rings. The topological polar surface area (TPSA) is 17.1 Å². The zero-order valence-electron chi connectivity index (χ0n) is 11.9. The third-order valence-corrected chi connectivity index (χ3v) is 4.98. The molecule has 0 bridgehead atoms. The minimum atomic E-state index is 0.271. The first-order valence-corrected chi connectivity index (χ1v) is 7.12. The standard InChI is InChI=1S/C17H22O/c1-10-7-8-17(3,4)13-9-11(2)16-12(15(10)13)5-6-14(16)18/h9-10H,5-8H2,1-4H3/t10-/m1/s1. The number of carbonyl (C=O) groups excluding carboxylic acids is 1. The van der Waals surface area contributed by atoms with Gasteiger partial charge in [0.25, 0.3) is 0 Å². The summed E-state index contributed by atoms with van der Waals surface area (Å²) in [6.45, 7) is 9.13. The Balaban J connectivity index is 2.33. The molecule has 2 aliphatic carbocycles. The van der Waals surface area contributed by atoms with Crippen LogP contribution in [0.1, 0.15) is 78.6 Å². The third kappa shape index (κ3) is 1.49. The van der Waals surface area contributed by atoms with E-state index >= 15 is 0 Å². The van der Waals surface area contributed by atoms with Gasteiger partial charge in [-0.3, -0.25) is 4.79 Å². The Morgan fingerprint density at radius 1 is 1.28 bits per heavy atom. The first-order valence-electron chi connectivity index (χ1n) is 7.12. The lowest BCUT2D eigenvalue weighted by Crippen LogP contribution is -2.27. The quantitative estimate of drug-likeness (QED) is 0.663. The Bertz CT molecular complexity index is 537. The van der Waals surface area contributed by atoms with Crippen LogP contribution in [-0.2, 0) is 11.8 Å². The van der Waals surface area contributed by atoms with Crippen molar-refractivity contribution in [1.82, 2.24) is 0 Å². The van der Waals surface area contributed by atoms with Crippen LogP contribution in [-0.4, -0.2) is 5.78 Å². The lowest BCUT2D eigenvalue weighted by molar-refractivity contribution is 0.0994. The number of carbonyl (C=O) groups is 1. The maximum atomic E-state index is 12.0. The number of hydrogen-bond acceptors (Lipinski definition) is 1. The smallest absolute Gasteiger partial charge is 0.163 e. The van der Waals surface area contributed by atoms with E-state index < -0.39 is 0 Å². The highest BCUT2D eigenvalue weighted by Gasteiger charge is 2.36. The lowest BCUT2D eigenvalue weighted by Gasteiger charge is -2.38. The Hall–Kier alpha value is -1.11. The second-order valence-electron chi connectivity index (χ2n) is 6.76. The van der Waals surface area contributed by atoms with Crippen LogP contribution in [0.3, 0.4) is 0 Å². The van der Waals surface area contributed by atoms with E-state index in [9.17, 15) is 4.79 Å². The molecule has 0 unspecified atom stereocenters. The average Bonchev–Trinajstić information content (AvgIpc) is 2.68. The number of benzene rings is 1. The normalized spacial score (nSPS) is 24.9. The molecule has 3 rings (SSSR count). The maximum absolute atomic E-state index is 12.0. The van der Waals surface area contributed by atoms with Gasteiger partial charge in [-0.1, -0.05) is 26.8 Å². The second-order valence-corrected chi connectivity index (χ2v) is 6.76. The van der Waals surface area contributed by atoms with Gasteiger partial charge in [-0.2, -0.15) is 0 Å². The molecule has 96 valence electrons. The van der Waals surface area contributed by atoms with Crippen LogP contribution in [0.2, 0.25) is 0 Å². The van der Waals surface area contributed by atoms with Crippen LogP contribution in [0.5, 0.6) is 0 Å². The molecule has 0 N–H and O–H groups in total. The summed E-state index contributed by atoms with van der Waals surface area (Å²) in [5, 5.41) is 0. The lowest BCUT2D eigenvalue weighted by atomic mass is 9.67. The van der Waals surface area contributed by atoms with Crippen molar-refractivity contribution < 1.29 is 4.79 Å². The van der Waals surface area contributed by atoms with Crippen LogP contribution in [0.4, 0.5) is 0 Å². The maximum Gasteiger partial charge on any atom is 0.163 e. The Morgan fingerprint density at radius 2 is 2.00 bits per heavy atom. The number of rotatable bonds is 0. The summed E-state index contributed by atoms with van der Waals surface area (Å²) in [4.78, 5) is 12.0. The second kappa shape index (κ2) is 3.69. The van der Waals surface area contributed by atoms with E-state index in [1.54, 1.807) is 0 Å². The Morgan fingerprint density at radius 3 is 2.72 bits per heavy atom. The summed E-state index contributed by atoms with van der Waals surface area (Å²) in [5.41, 5.74) is 6.93. The van der Waals surface area contributed by atoms with Crippen LogP contribution >= 0.6 is 0 Å². The molecule has 0 radical (unpaired) electrons.